The Kier molecular flexibility index (Phi) is 1.96. The van der Waals surface area contributed by atoms with Crippen LogP contribution in [0, 0.1) is 0 Å². The predicted molar refractivity (Wildman–Crippen MR) is 46.2 cm³/mol. The van der Waals surface area contributed by atoms with Gasteiger partial charge in [-0.1, -0.05) is 0 Å². The van der Waals surface area contributed by atoms with E-state index in [9.17, 15) is 4.79 Å². The molecule has 0 aliphatic carbocycles. The number of fused-ring (bicyclic) bond motifs is 1. The molecule has 0 bridgehead atoms. The maximum atomic E-state index is 10.5. The summed E-state index contributed by atoms with van der Waals surface area (Å²) in [6, 6.07) is 1.95. The summed E-state index contributed by atoms with van der Waals surface area (Å²) >= 11 is 0. The van der Waals surface area contributed by atoms with Gasteiger partial charge in [-0.2, -0.15) is 0 Å². The second-order valence-corrected chi connectivity index (χ2v) is 3.13. The first kappa shape index (κ1) is 7.55. The fraction of sp³-hybridized carbons (Fsp3) is 0.444. The Balaban J connectivity index is 2.32. The zero-order chi connectivity index (χ0) is 8.39. The first-order valence-electron chi connectivity index (χ1n) is 4.27. The van der Waals surface area contributed by atoms with Crippen LogP contribution in [0.1, 0.15) is 28.2 Å². The molecule has 1 aromatic heterocycles. The minimum absolute atomic E-state index is 0.698. The van der Waals surface area contributed by atoms with Crippen molar-refractivity contribution in [1.29, 1.82) is 0 Å². The summed E-state index contributed by atoms with van der Waals surface area (Å²) < 4.78 is 0. The molecule has 64 valence electrons. The maximum Gasteiger partial charge on any atom is 0.166 e. The second kappa shape index (κ2) is 3.11. The molecular weight excluding hydrogens is 152 g/mol. The summed E-state index contributed by atoms with van der Waals surface area (Å²) in [4.78, 5) is 13.6. The molecule has 0 atom stereocenters. The Bertz CT molecular complexity index is 267. The van der Waals surface area contributed by atoms with Crippen molar-refractivity contribution in [3.8, 4) is 0 Å². The lowest BCUT2D eigenvalue weighted by molar-refractivity contribution is 0.111. The van der Waals surface area contributed by atoms with Gasteiger partial charge in [-0.3, -0.25) is 4.79 Å². The van der Waals surface area contributed by atoms with Crippen molar-refractivity contribution in [3.63, 3.8) is 0 Å². The van der Waals surface area contributed by atoms with Gasteiger partial charge in [0.2, 0.25) is 0 Å². The van der Waals surface area contributed by atoms with Crippen molar-refractivity contribution in [2.75, 3.05) is 6.54 Å². The Hall–Kier alpha value is -1.09. The lowest BCUT2D eigenvalue weighted by Crippen LogP contribution is -2.12. The number of carbonyl (C=O) groups excluding carboxylic acids is 1. The minimum atomic E-state index is 0.698. The quantitative estimate of drug-likeness (QED) is 0.605. The first-order chi connectivity index (χ1) is 5.90. The van der Waals surface area contributed by atoms with Crippen LogP contribution in [-0.4, -0.2) is 17.8 Å². The summed E-state index contributed by atoms with van der Waals surface area (Å²) in [6.45, 7) is 1.93. The summed E-state index contributed by atoms with van der Waals surface area (Å²) in [5.74, 6) is 0. The van der Waals surface area contributed by atoms with Crippen molar-refractivity contribution in [2.24, 2.45) is 0 Å². The molecule has 0 spiro atoms. The highest BCUT2D eigenvalue weighted by atomic mass is 16.1. The Labute approximate surface area is 71.2 Å². The molecule has 0 aromatic carbocycles. The van der Waals surface area contributed by atoms with Gasteiger partial charge in [-0.25, -0.2) is 0 Å². The van der Waals surface area contributed by atoms with E-state index in [1.165, 1.54) is 11.3 Å². The molecule has 2 N–H and O–H groups in total. The zero-order valence-corrected chi connectivity index (χ0v) is 6.89. The highest BCUT2D eigenvalue weighted by Crippen LogP contribution is 2.14. The number of rotatable bonds is 1. The highest BCUT2D eigenvalue weighted by Gasteiger charge is 2.09. The van der Waals surface area contributed by atoms with Crippen molar-refractivity contribution >= 4 is 6.29 Å². The molecule has 0 fully saturated rings. The average Bonchev–Trinajstić information content (AvgIpc) is 2.37. The third-order valence-electron chi connectivity index (χ3n) is 2.24. The van der Waals surface area contributed by atoms with E-state index in [0.717, 1.165) is 32.2 Å². The average molecular weight is 164 g/mol. The fourth-order valence-electron chi connectivity index (χ4n) is 1.63. The van der Waals surface area contributed by atoms with Gasteiger partial charge in [0.05, 0.1) is 5.69 Å². The third-order valence-corrected chi connectivity index (χ3v) is 2.24. The van der Waals surface area contributed by atoms with Crippen LogP contribution < -0.4 is 5.32 Å². The molecule has 0 saturated heterocycles. The molecule has 0 saturated carbocycles. The fourth-order valence-corrected chi connectivity index (χ4v) is 1.63. The number of aryl methyl sites for hydroxylation is 1. The molecule has 1 aromatic rings. The van der Waals surface area contributed by atoms with Gasteiger partial charge in [0.15, 0.2) is 6.29 Å². The molecule has 2 heterocycles. The van der Waals surface area contributed by atoms with Crippen LogP contribution in [0.25, 0.3) is 0 Å². The molecule has 1 aliphatic heterocycles. The van der Waals surface area contributed by atoms with Crippen LogP contribution in [0.15, 0.2) is 6.07 Å². The highest BCUT2D eigenvalue weighted by molar-refractivity contribution is 5.72. The van der Waals surface area contributed by atoms with Crippen LogP contribution >= 0.6 is 0 Å². The van der Waals surface area contributed by atoms with Gasteiger partial charge in [-0.15, -0.1) is 0 Å². The smallest absolute Gasteiger partial charge is 0.166 e. The van der Waals surface area contributed by atoms with Crippen LogP contribution in [0.5, 0.6) is 0 Å². The molecule has 2 rings (SSSR count). The number of aromatic nitrogens is 1. The molecule has 12 heavy (non-hydrogen) atoms. The van der Waals surface area contributed by atoms with Gasteiger partial charge in [-0.05, 0) is 31.0 Å². The largest absolute Gasteiger partial charge is 0.355 e. The zero-order valence-electron chi connectivity index (χ0n) is 6.89. The monoisotopic (exact) mass is 164 g/mol. The van der Waals surface area contributed by atoms with Crippen molar-refractivity contribution in [1.82, 2.24) is 10.3 Å². The van der Waals surface area contributed by atoms with E-state index in [4.69, 9.17) is 0 Å². The molecule has 3 heteroatoms. The summed E-state index contributed by atoms with van der Waals surface area (Å²) in [6.07, 6.45) is 3.10. The lowest BCUT2D eigenvalue weighted by Gasteiger charge is -1.96. The van der Waals surface area contributed by atoms with Crippen molar-refractivity contribution in [2.45, 2.75) is 19.4 Å². The number of aldehydes is 1. The van der Waals surface area contributed by atoms with Gasteiger partial charge in [0.25, 0.3) is 0 Å². The van der Waals surface area contributed by atoms with E-state index in [-0.39, 0.29) is 0 Å². The van der Waals surface area contributed by atoms with E-state index in [0.29, 0.717) is 5.69 Å². The van der Waals surface area contributed by atoms with Crippen molar-refractivity contribution < 1.29 is 4.79 Å². The molecule has 0 radical (unpaired) electrons. The lowest BCUT2D eigenvalue weighted by atomic mass is 10.1. The number of nitrogens with one attached hydrogen (secondary N) is 2. The Morgan fingerprint density at radius 1 is 1.50 bits per heavy atom. The number of hydrogen-bond acceptors (Lipinski definition) is 2. The van der Waals surface area contributed by atoms with Crippen LogP contribution in [0.3, 0.4) is 0 Å². The normalized spacial score (nSPS) is 16.7. The van der Waals surface area contributed by atoms with Gasteiger partial charge < -0.3 is 10.3 Å². The first-order valence-corrected chi connectivity index (χ1v) is 4.27. The van der Waals surface area contributed by atoms with Gasteiger partial charge in [0, 0.05) is 12.2 Å². The van der Waals surface area contributed by atoms with E-state index in [1.54, 1.807) is 0 Å². The standard InChI is InChI=1S/C9H12N2O/c12-6-8-4-7-2-1-3-10-5-9(7)11-8/h4,6,10-11H,1-3,5H2. The number of hydrogen-bond donors (Lipinski definition) is 2. The minimum Gasteiger partial charge on any atom is -0.355 e. The SMILES string of the molecule is O=Cc1cc2c([nH]1)CNCCC2. The topological polar surface area (TPSA) is 44.9 Å². The van der Waals surface area contributed by atoms with Gasteiger partial charge in [0.1, 0.15) is 0 Å². The van der Waals surface area contributed by atoms with E-state index in [1.807, 2.05) is 6.07 Å². The number of H-pyrrole nitrogens is 1. The summed E-state index contributed by atoms with van der Waals surface area (Å²) in [7, 11) is 0. The van der Waals surface area contributed by atoms with Crippen LogP contribution in [0.2, 0.25) is 0 Å². The Morgan fingerprint density at radius 2 is 2.42 bits per heavy atom. The van der Waals surface area contributed by atoms with Crippen molar-refractivity contribution in [3.05, 3.63) is 23.0 Å². The molecule has 1 aliphatic rings. The number of aromatic amines is 1. The molecule has 0 amide bonds. The van der Waals surface area contributed by atoms with Crippen LogP contribution in [0.4, 0.5) is 0 Å². The van der Waals surface area contributed by atoms with E-state index < -0.39 is 0 Å². The molecule has 3 nitrogen and oxygen atoms in total. The summed E-state index contributed by atoms with van der Waals surface area (Å²) in [5, 5.41) is 3.29. The Morgan fingerprint density at radius 3 is 3.25 bits per heavy atom. The van der Waals surface area contributed by atoms with Crippen LogP contribution in [-0.2, 0) is 13.0 Å². The second-order valence-electron chi connectivity index (χ2n) is 3.13. The summed E-state index contributed by atoms with van der Waals surface area (Å²) in [5.41, 5.74) is 3.17. The maximum absolute atomic E-state index is 10.5. The number of carbonyl (C=O) groups is 1. The van der Waals surface area contributed by atoms with Gasteiger partial charge >= 0.3 is 0 Å². The van der Waals surface area contributed by atoms with E-state index >= 15 is 0 Å². The van der Waals surface area contributed by atoms with E-state index in [2.05, 4.69) is 10.3 Å². The third kappa shape index (κ3) is 1.28. The molecule has 0 unspecified atom stereocenters. The predicted octanol–water partition coefficient (Wildman–Crippen LogP) is 0.863. The molecular formula is C9H12N2O.